The monoisotopic (exact) mass is 214 g/mol. The molecule has 0 radical (unpaired) electrons. The quantitative estimate of drug-likeness (QED) is 0.832. The lowest BCUT2D eigenvalue weighted by molar-refractivity contribution is 0.826. The standard InChI is InChI=1S/C14H18N2/c1-10(15)11-8-9-14(16(2)3)13-7-5-4-6-12(11)13/h4-10H,15H2,1-3H3/t10-/m0/s1. The summed E-state index contributed by atoms with van der Waals surface area (Å²) in [5, 5.41) is 2.52. The minimum absolute atomic E-state index is 0.0705. The van der Waals surface area contributed by atoms with Crippen molar-refractivity contribution in [2.45, 2.75) is 13.0 Å². The van der Waals surface area contributed by atoms with Crippen LogP contribution in [0.2, 0.25) is 0 Å². The fourth-order valence-corrected chi connectivity index (χ4v) is 2.09. The highest BCUT2D eigenvalue weighted by molar-refractivity contribution is 5.96. The van der Waals surface area contributed by atoms with Gasteiger partial charge in [0.05, 0.1) is 0 Å². The van der Waals surface area contributed by atoms with Crippen molar-refractivity contribution < 1.29 is 0 Å². The molecule has 0 fully saturated rings. The third kappa shape index (κ3) is 1.76. The highest BCUT2D eigenvalue weighted by Crippen LogP contribution is 2.30. The first-order chi connectivity index (χ1) is 7.61. The van der Waals surface area contributed by atoms with Gasteiger partial charge >= 0.3 is 0 Å². The van der Waals surface area contributed by atoms with Crippen LogP contribution in [0.15, 0.2) is 36.4 Å². The molecule has 2 aromatic rings. The van der Waals surface area contributed by atoms with Crippen LogP contribution in [0.3, 0.4) is 0 Å². The molecule has 0 aliphatic carbocycles. The number of benzene rings is 2. The Balaban J connectivity index is 2.77. The summed E-state index contributed by atoms with van der Waals surface area (Å²) in [5.41, 5.74) is 8.44. The smallest absolute Gasteiger partial charge is 0.0440 e. The van der Waals surface area contributed by atoms with E-state index >= 15 is 0 Å². The first-order valence-electron chi connectivity index (χ1n) is 5.56. The zero-order valence-corrected chi connectivity index (χ0v) is 10.1. The van der Waals surface area contributed by atoms with Crippen molar-refractivity contribution in [3.8, 4) is 0 Å². The van der Waals surface area contributed by atoms with Gasteiger partial charge in [-0.2, -0.15) is 0 Å². The summed E-state index contributed by atoms with van der Waals surface area (Å²) >= 11 is 0. The first-order valence-corrected chi connectivity index (χ1v) is 5.56. The van der Waals surface area contributed by atoms with Crippen LogP contribution in [0.5, 0.6) is 0 Å². The van der Waals surface area contributed by atoms with Gasteiger partial charge in [0.1, 0.15) is 0 Å². The van der Waals surface area contributed by atoms with E-state index in [9.17, 15) is 0 Å². The van der Waals surface area contributed by atoms with E-state index in [4.69, 9.17) is 5.73 Å². The molecule has 0 saturated heterocycles. The fraction of sp³-hybridized carbons (Fsp3) is 0.286. The van der Waals surface area contributed by atoms with Crippen LogP contribution in [0.1, 0.15) is 18.5 Å². The maximum atomic E-state index is 5.99. The predicted molar refractivity (Wildman–Crippen MR) is 70.9 cm³/mol. The number of nitrogens with zero attached hydrogens (tertiary/aromatic N) is 1. The predicted octanol–water partition coefficient (Wildman–Crippen LogP) is 2.93. The summed E-state index contributed by atoms with van der Waals surface area (Å²) in [4.78, 5) is 2.13. The zero-order chi connectivity index (χ0) is 11.7. The Kier molecular flexibility index (Phi) is 2.84. The number of hydrogen-bond acceptors (Lipinski definition) is 2. The molecule has 0 unspecified atom stereocenters. The van der Waals surface area contributed by atoms with Crippen molar-refractivity contribution in [1.29, 1.82) is 0 Å². The van der Waals surface area contributed by atoms with Gasteiger partial charge in [-0.15, -0.1) is 0 Å². The van der Waals surface area contributed by atoms with E-state index in [-0.39, 0.29) is 6.04 Å². The minimum Gasteiger partial charge on any atom is -0.377 e. The minimum atomic E-state index is 0.0705. The van der Waals surface area contributed by atoms with Gasteiger partial charge in [0.15, 0.2) is 0 Å². The van der Waals surface area contributed by atoms with Crippen molar-refractivity contribution in [2.24, 2.45) is 5.73 Å². The number of rotatable bonds is 2. The van der Waals surface area contributed by atoms with Crippen molar-refractivity contribution in [3.05, 3.63) is 42.0 Å². The maximum Gasteiger partial charge on any atom is 0.0440 e. The summed E-state index contributed by atoms with van der Waals surface area (Å²) in [5.74, 6) is 0. The van der Waals surface area contributed by atoms with Crippen LogP contribution < -0.4 is 10.6 Å². The maximum absolute atomic E-state index is 5.99. The summed E-state index contributed by atoms with van der Waals surface area (Å²) in [6.45, 7) is 2.02. The van der Waals surface area contributed by atoms with Crippen LogP contribution in [-0.4, -0.2) is 14.1 Å². The average Bonchev–Trinajstić information content (AvgIpc) is 2.27. The number of nitrogens with two attached hydrogens (primary N) is 1. The number of fused-ring (bicyclic) bond motifs is 1. The summed E-state index contributed by atoms with van der Waals surface area (Å²) in [6, 6.07) is 12.8. The van der Waals surface area contributed by atoms with E-state index in [1.807, 2.05) is 6.92 Å². The van der Waals surface area contributed by atoms with Crippen LogP contribution in [0, 0.1) is 0 Å². The molecule has 0 aliphatic heterocycles. The van der Waals surface area contributed by atoms with Crippen LogP contribution in [-0.2, 0) is 0 Å². The molecule has 1 atom stereocenters. The Hall–Kier alpha value is -1.54. The topological polar surface area (TPSA) is 29.3 Å². The van der Waals surface area contributed by atoms with E-state index in [0.717, 1.165) is 0 Å². The molecular formula is C14H18N2. The SMILES string of the molecule is C[C@H](N)c1ccc(N(C)C)c2ccccc12. The van der Waals surface area contributed by atoms with E-state index in [1.165, 1.54) is 22.0 Å². The third-order valence-electron chi connectivity index (χ3n) is 2.91. The highest BCUT2D eigenvalue weighted by atomic mass is 15.1. The number of hydrogen-bond donors (Lipinski definition) is 1. The van der Waals surface area contributed by atoms with Crippen LogP contribution >= 0.6 is 0 Å². The average molecular weight is 214 g/mol. The molecule has 2 nitrogen and oxygen atoms in total. The lowest BCUT2D eigenvalue weighted by atomic mass is 9.98. The summed E-state index contributed by atoms with van der Waals surface area (Å²) in [6.07, 6.45) is 0. The second-order valence-corrected chi connectivity index (χ2v) is 4.40. The molecule has 2 rings (SSSR count). The molecule has 2 heteroatoms. The molecule has 84 valence electrons. The Labute approximate surface area is 96.7 Å². The molecule has 0 aliphatic rings. The lowest BCUT2D eigenvalue weighted by Gasteiger charge is -2.18. The first kappa shape index (κ1) is 11.0. The van der Waals surface area contributed by atoms with Gasteiger partial charge in [-0.3, -0.25) is 0 Å². The van der Waals surface area contributed by atoms with Crippen molar-refractivity contribution in [1.82, 2.24) is 0 Å². The Morgan fingerprint density at radius 3 is 2.19 bits per heavy atom. The highest BCUT2D eigenvalue weighted by Gasteiger charge is 2.09. The fourth-order valence-electron chi connectivity index (χ4n) is 2.09. The lowest BCUT2D eigenvalue weighted by Crippen LogP contribution is -2.11. The van der Waals surface area contributed by atoms with E-state index in [0.29, 0.717) is 0 Å². The van der Waals surface area contributed by atoms with Crippen molar-refractivity contribution in [2.75, 3.05) is 19.0 Å². The van der Waals surface area contributed by atoms with E-state index in [1.54, 1.807) is 0 Å². The van der Waals surface area contributed by atoms with Crippen LogP contribution in [0.4, 0.5) is 5.69 Å². The molecule has 0 saturated carbocycles. The van der Waals surface area contributed by atoms with Crippen molar-refractivity contribution in [3.63, 3.8) is 0 Å². The van der Waals surface area contributed by atoms with Gasteiger partial charge in [0.25, 0.3) is 0 Å². The normalized spacial score (nSPS) is 12.8. The molecular weight excluding hydrogens is 196 g/mol. The van der Waals surface area contributed by atoms with E-state index < -0.39 is 0 Å². The molecule has 0 aromatic heterocycles. The largest absolute Gasteiger partial charge is 0.377 e. The molecule has 0 amide bonds. The van der Waals surface area contributed by atoms with Crippen LogP contribution in [0.25, 0.3) is 10.8 Å². The molecule has 2 aromatic carbocycles. The Bertz CT molecular complexity index is 455. The molecule has 16 heavy (non-hydrogen) atoms. The molecule has 0 heterocycles. The van der Waals surface area contributed by atoms with Crippen molar-refractivity contribution >= 4 is 16.5 Å². The second kappa shape index (κ2) is 4.14. The molecule has 2 N–H and O–H groups in total. The summed E-state index contributed by atoms with van der Waals surface area (Å²) in [7, 11) is 4.13. The second-order valence-electron chi connectivity index (χ2n) is 4.40. The van der Waals surface area contributed by atoms with Gasteiger partial charge < -0.3 is 10.6 Å². The molecule has 0 spiro atoms. The van der Waals surface area contributed by atoms with Gasteiger partial charge in [0.2, 0.25) is 0 Å². The zero-order valence-electron chi connectivity index (χ0n) is 10.1. The van der Waals surface area contributed by atoms with Gasteiger partial charge in [-0.25, -0.2) is 0 Å². The third-order valence-corrected chi connectivity index (χ3v) is 2.91. The van der Waals surface area contributed by atoms with Gasteiger partial charge in [-0.1, -0.05) is 30.3 Å². The van der Waals surface area contributed by atoms with Gasteiger partial charge in [-0.05, 0) is 23.9 Å². The van der Waals surface area contributed by atoms with Gasteiger partial charge in [0, 0.05) is 31.2 Å². The number of anilines is 1. The molecule has 0 bridgehead atoms. The Morgan fingerprint density at radius 1 is 1.00 bits per heavy atom. The summed E-state index contributed by atoms with van der Waals surface area (Å²) < 4.78 is 0. The Morgan fingerprint density at radius 2 is 1.62 bits per heavy atom. The van der Waals surface area contributed by atoms with E-state index in [2.05, 4.69) is 55.4 Å².